The number of halogens is 1. The molecule has 0 spiro atoms. The van der Waals surface area contributed by atoms with Gasteiger partial charge >= 0.3 is 0 Å². The van der Waals surface area contributed by atoms with Gasteiger partial charge in [-0.1, -0.05) is 5.92 Å². The quantitative estimate of drug-likeness (QED) is 0.436. The van der Waals surface area contributed by atoms with E-state index >= 15 is 0 Å². The van der Waals surface area contributed by atoms with Gasteiger partial charge in [0.05, 0.1) is 0 Å². The topological polar surface area (TPSA) is 0 Å². The average molecular weight is 98.1 g/mol. The number of hydrogen-bond acceptors (Lipinski definition) is 0. The van der Waals surface area contributed by atoms with Crippen molar-refractivity contribution in [1.82, 2.24) is 0 Å². The van der Waals surface area contributed by atoms with E-state index in [4.69, 9.17) is 6.42 Å². The Balaban J connectivity index is 3.31. The van der Waals surface area contributed by atoms with Crippen molar-refractivity contribution in [3.05, 3.63) is 12.2 Å². The van der Waals surface area contributed by atoms with Crippen LogP contribution >= 0.6 is 0 Å². The van der Waals surface area contributed by atoms with Crippen LogP contribution in [0.25, 0.3) is 0 Å². The summed E-state index contributed by atoms with van der Waals surface area (Å²) in [5, 5.41) is 0. The molecule has 0 bridgehead atoms. The molecule has 38 valence electrons. The first kappa shape index (κ1) is 6.23. The Bertz CT molecular complexity index is 95.2. The molecule has 0 heterocycles. The highest BCUT2D eigenvalue weighted by atomic mass is 19.1. The highest BCUT2D eigenvalue weighted by Crippen LogP contribution is 1.87. The molecule has 0 rings (SSSR count). The summed E-state index contributed by atoms with van der Waals surface area (Å²) in [7, 11) is 0. The molecule has 0 amide bonds. The van der Waals surface area contributed by atoms with Gasteiger partial charge in [-0.2, -0.15) is 0 Å². The van der Waals surface area contributed by atoms with Crippen LogP contribution in [0.5, 0.6) is 0 Å². The van der Waals surface area contributed by atoms with Gasteiger partial charge in [0.15, 0.2) is 0 Å². The second kappa shape index (κ2) is 3.42. The second-order valence-electron chi connectivity index (χ2n) is 1.20. The van der Waals surface area contributed by atoms with E-state index in [-0.39, 0.29) is 0 Å². The number of terminal acetylenes is 1. The lowest BCUT2D eigenvalue weighted by Crippen LogP contribution is -1.80. The van der Waals surface area contributed by atoms with Crippen LogP contribution in [0.2, 0.25) is 0 Å². The van der Waals surface area contributed by atoms with Gasteiger partial charge < -0.3 is 0 Å². The maximum atomic E-state index is 11.7. The lowest BCUT2D eigenvalue weighted by molar-refractivity contribution is 0.431. The van der Waals surface area contributed by atoms with E-state index in [1.54, 1.807) is 0 Å². The Morgan fingerprint density at radius 3 is 2.57 bits per heavy atom. The summed E-state index contributed by atoms with van der Waals surface area (Å²) in [6, 6.07) is 0. The van der Waals surface area contributed by atoms with E-state index in [0.29, 0.717) is 0 Å². The predicted octanol–water partition coefficient (Wildman–Crippen LogP) is 1.53. The van der Waals surface area contributed by atoms with Crippen molar-refractivity contribution in [3.8, 4) is 12.3 Å². The number of hydrogen-bond donors (Lipinski definition) is 0. The normalized spacial score (nSPS) is 13.9. The molecule has 0 aliphatic carbocycles. The molecule has 1 atom stereocenters. The van der Waals surface area contributed by atoms with Crippen molar-refractivity contribution < 1.29 is 4.39 Å². The first-order valence-electron chi connectivity index (χ1n) is 2.04. The van der Waals surface area contributed by atoms with Crippen LogP contribution in [0.4, 0.5) is 4.39 Å². The zero-order chi connectivity index (χ0) is 5.70. The van der Waals surface area contributed by atoms with Gasteiger partial charge in [-0.05, 0) is 19.1 Å². The molecule has 0 aliphatic heterocycles. The molecule has 0 nitrogen and oxygen atoms in total. The van der Waals surface area contributed by atoms with Crippen molar-refractivity contribution in [2.75, 3.05) is 0 Å². The molecule has 0 aliphatic rings. The maximum absolute atomic E-state index is 11.7. The molecular weight excluding hydrogens is 91.1 g/mol. The molecule has 7 heavy (non-hydrogen) atoms. The summed E-state index contributed by atoms with van der Waals surface area (Å²) in [5.74, 6) is 2.18. The molecule has 0 N–H and O–H groups in total. The summed E-state index contributed by atoms with van der Waals surface area (Å²) in [5.41, 5.74) is 0. The minimum absolute atomic E-state index is 0.920. The molecule has 1 unspecified atom stereocenters. The van der Waals surface area contributed by atoms with Crippen molar-refractivity contribution in [1.29, 1.82) is 0 Å². The van der Waals surface area contributed by atoms with Crippen LogP contribution in [-0.4, -0.2) is 6.17 Å². The second-order valence-corrected chi connectivity index (χ2v) is 1.20. The highest BCUT2D eigenvalue weighted by Gasteiger charge is 1.82. The lowest BCUT2D eigenvalue weighted by atomic mass is 10.4. The van der Waals surface area contributed by atoms with Crippen LogP contribution in [0.3, 0.4) is 0 Å². The smallest absolute Gasteiger partial charge is 0.116 e. The molecule has 0 aromatic heterocycles. The number of alkyl halides is 1. The molecular formula is C6H7F. The van der Waals surface area contributed by atoms with Crippen LogP contribution in [-0.2, 0) is 0 Å². The Morgan fingerprint density at radius 2 is 2.43 bits per heavy atom. The van der Waals surface area contributed by atoms with Crippen LogP contribution < -0.4 is 0 Å². The van der Waals surface area contributed by atoms with Crippen LogP contribution in [0, 0.1) is 12.3 Å². The molecule has 0 aromatic rings. The van der Waals surface area contributed by atoms with E-state index in [1.165, 1.54) is 19.1 Å². The summed E-state index contributed by atoms with van der Waals surface area (Å²) in [4.78, 5) is 0. The SMILES string of the molecule is C#C/C=C/C(C)F. The largest absolute Gasteiger partial charge is 0.243 e. The Labute approximate surface area is 43.0 Å². The molecule has 0 fully saturated rings. The molecule has 0 saturated heterocycles. The van der Waals surface area contributed by atoms with Crippen molar-refractivity contribution >= 4 is 0 Å². The first-order valence-corrected chi connectivity index (χ1v) is 2.04. The van der Waals surface area contributed by atoms with Gasteiger partial charge in [0.2, 0.25) is 0 Å². The zero-order valence-corrected chi connectivity index (χ0v) is 4.19. The monoisotopic (exact) mass is 98.1 g/mol. The van der Waals surface area contributed by atoms with Gasteiger partial charge in [-0.3, -0.25) is 0 Å². The van der Waals surface area contributed by atoms with E-state index in [2.05, 4.69) is 5.92 Å². The third-order valence-corrected chi connectivity index (χ3v) is 0.458. The summed E-state index contributed by atoms with van der Waals surface area (Å²) in [6.07, 6.45) is 6.52. The fourth-order valence-corrected chi connectivity index (χ4v) is 0.188. The van der Waals surface area contributed by atoms with Gasteiger partial charge in [0.25, 0.3) is 0 Å². The van der Waals surface area contributed by atoms with Gasteiger partial charge in [0, 0.05) is 0 Å². The first-order chi connectivity index (χ1) is 3.27. The van der Waals surface area contributed by atoms with E-state index < -0.39 is 6.17 Å². The van der Waals surface area contributed by atoms with Crippen molar-refractivity contribution in [2.24, 2.45) is 0 Å². The third kappa shape index (κ3) is 5.23. The minimum atomic E-state index is -0.920. The summed E-state index contributed by atoms with van der Waals surface area (Å²) < 4.78 is 11.7. The lowest BCUT2D eigenvalue weighted by Gasteiger charge is -1.82. The zero-order valence-electron chi connectivity index (χ0n) is 4.19. The Morgan fingerprint density at radius 1 is 1.86 bits per heavy atom. The van der Waals surface area contributed by atoms with Crippen molar-refractivity contribution in [2.45, 2.75) is 13.1 Å². The minimum Gasteiger partial charge on any atom is -0.243 e. The highest BCUT2D eigenvalue weighted by molar-refractivity contribution is 5.09. The summed E-state index contributed by atoms with van der Waals surface area (Å²) >= 11 is 0. The standard InChI is InChI=1S/C6H7F/c1-3-4-5-6(2)7/h1,4-6H,2H3/b5-4+. The van der Waals surface area contributed by atoms with E-state index in [1.807, 2.05) is 0 Å². The fraction of sp³-hybridized carbons (Fsp3) is 0.333. The Kier molecular flexibility index (Phi) is 3.04. The number of allylic oxidation sites excluding steroid dienone is 2. The van der Waals surface area contributed by atoms with Crippen molar-refractivity contribution in [3.63, 3.8) is 0 Å². The Hall–Kier alpha value is -0.770. The number of rotatable bonds is 1. The van der Waals surface area contributed by atoms with Gasteiger partial charge in [-0.15, -0.1) is 6.42 Å². The van der Waals surface area contributed by atoms with Gasteiger partial charge in [0.1, 0.15) is 6.17 Å². The fourth-order valence-electron chi connectivity index (χ4n) is 0.188. The maximum Gasteiger partial charge on any atom is 0.116 e. The van der Waals surface area contributed by atoms with Gasteiger partial charge in [-0.25, -0.2) is 4.39 Å². The van der Waals surface area contributed by atoms with Crippen LogP contribution in [0.15, 0.2) is 12.2 Å². The average Bonchev–Trinajstić information content (AvgIpc) is 1.61. The predicted molar refractivity (Wildman–Crippen MR) is 28.5 cm³/mol. The van der Waals surface area contributed by atoms with E-state index in [0.717, 1.165) is 0 Å². The summed E-state index contributed by atoms with van der Waals surface area (Å²) in [6.45, 7) is 1.42. The molecule has 0 radical (unpaired) electrons. The third-order valence-electron chi connectivity index (χ3n) is 0.458. The van der Waals surface area contributed by atoms with Crippen LogP contribution in [0.1, 0.15) is 6.92 Å². The molecule has 0 saturated carbocycles. The van der Waals surface area contributed by atoms with E-state index in [9.17, 15) is 4.39 Å². The molecule has 0 aromatic carbocycles. The molecule has 1 heteroatoms.